The summed E-state index contributed by atoms with van der Waals surface area (Å²) in [6.45, 7) is 0.519. The van der Waals surface area contributed by atoms with E-state index in [0.717, 1.165) is 0 Å². The molecule has 1 aromatic heterocycles. The van der Waals surface area contributed by atoms with Crippen LogP contribution in [0.5, 0.6) is 0 Å². The first-order valence-electron chi connectivity index (χ1n) is 6.84. The minimum Gasteiger partial charge on any atom is -0.465 e. The molecular formula is C14H15FN4O4. The summed E-state index contributed by atoms with van der Waals surface area (Å²) in [6.07, 6.45) is -1.03. The molecular weight excluding hydrogens is 307 g/mol. The Kier molecular flexibility index (Phi) is 4.95. The maximum Gasteiger partial charge on any atom is 0.407 e. The van der Waals surface area contributed by atoms with Gasteiger partial charge in [0.2, 0.25) is 5.95 Å². The monoisotopic (exact) mass is 322 g/mol. The number of anilines is 1. The number of hydrogen-bond acceptors (Lipinski definition) is 6. The Labute approximate surface area is 131 Å². The van der Waals surface area contributed by atoms with Gasteiger partial charge in [-0.15, -0.1) is 0 Å². The van der Waals surface area contributed by atoms with Gasteiger partial charge in [-0.05, 0) is 12.1 Å². The van der Waals surface area contributed by atoms with Gasteiger partial charge in [-0.3, -0.25) is 0 Å². The van der Waals surface area contributed by atoms with E-state index in [1.54, 1.807) is 4.90 Å². The summed E-state index contributed by atoms with van der Waals surface area (Å²) in [4.78, 5) is 28.8. The molecule has 0 aliphatic carbocycles. The highest BCUT2D eigenvalue weighted by atomic mass is 19.1. The number of rotatable bonds is 3. The highest BCUT2D eigenvalue weighted by molar-refractivity contribution is 5.87. The van der Waals surface area contributed by atoms with Crippen LogP contribution in [0.25, 0.3) is 0 Å². The molecule has 1 fully saturated rings. The van der Waals surface area contributed by atoms with E-state index in [2.05, 4.69) is 9.72 Å². The zero-order chi connectivity index (χ0) is 17.0. The maximum absolute atomic E-state index is 14.2. The Bertz CT molecular complexity index is 661. The van der Waals surface area contributed by atoms with Crippen LogP contribution in [0.3, 0.4) is 0 Å². The maximum atomic E-state index is 14.2. The summed E-state index contributed by atoms with van der Waals surface area (Å²) in [7, 11) is 1.17. The number of carbonyl (C=O) groups excluding carboxylic acids is 1. The summed E-state index contributed by atoms with van der Waals surface area (Å²) in [5.74, 6) is -1.61. The molecule has 1 N–H and O–H groups in total. The zero-order valence-electron chi connectivity index (χ0n) is 12.4. The molecule has 0 bridgehead atoms. The van der Waals surface area contributed by atoms with Crippen LogP contribution < -0.4 is 4.90 Å². The van der Waals surface area contributed by atoms with Crippen LogP contribution in [0.15, 0.2) is 12.1 Å². The normalized spacial score (nSPS) is 17.5. The molecule has 1 amide bonds. The highest BCUT2D eigenvalue weighted by Crippen LogP contribution is 2.25. The zero-order valence-corrected chi connectivity index (χ0v) is 12.4. The second kappa shape index (κ2) is 6.91. The van der Waals surface area contributed by atoms with Gasteiger partial charge in [-0.1, -0.05) is 0 Å². The van der Waals surface area contributed by atoms with Crippen molar-refractivity contribution in [2.75, 3.05) is 31.6 Å². The number of carbonyl (C=O) groups is 2. The van der Waals surface area contributed by atoms with Crippen LogP contribution in [0.1, 0.15) is 16.9 Å². The largest absolute Gasteiger partial charge is 0.465 e. The lowest BCUT2D eigenvalue weighted by Gasteiger charge is -2.40. The Hall–Kier alpha value is -2.89. The Morgan fingerprint density at radius 2 is 2.26 bits per heavy atom. The topological polar surface area (TPSA) is 107 Å². The fraction of sp³-hybridized carbons (Fsp3) is 0.429. The molecule has 0 aromatic carbocycles. The summed E-state index contributed by atoms with van der Waals surface area (Å²) in [6, 6.07) is 4.21. The molecule has 1 aliphatic rings. The lowest BCUT2D eigenvalue weighted by atomic mass is 10.1. The third-order valence-corrected chi connectivity index (χ3v) is 3.61. The predicted octanol–water partition coefficient (Wildman–Crippen LogP) is 1.09. The molecule has 122 valence electrons. The summed E-state index contributed by atoms with van der Waals surface area (Å²) < 4.78 is 18.7. The van der Waals surface area contributed by atoms with Gasteiger partial charge in [0.05, 0.1) is 31.3 Å². The van der Waals surface area contributed by atoms with Crippen LogP contribution in [-0.2, 0) is 4.74 Å². The summed E-state index contributed by atoms with van der Waals surface area (Å²) in [5.41, 5.74) is -0.0299. The van der Waals surface area contributed by atoms with Crippen molar-refractivity contribution in [3.8, 4) is 6.07 Å². The van der Waals surface area contributed by atoms with Gasteiger partial charge in [0.25, 0.3) is 0 Å². The van der Waals surface area contributed by atoms with Gasteiger partial charge in [-0.2, -0.15) is 9.65 Å². The van der Waals surface area contributed by atoms with E-state index in [1.807, 2.05) is 6.07 Å². The number of hydrogen-bond donors (Lipinski definition) is 1. The van der Waals surface area contributed by atoms with Gasteiger partial charge < -0.3 is 19.6 Å². The second-order valence-corrected chi connectivity index (χ2v) is 4.94. The van der Waals surface area contributed by atoms with Gasteiger partial charge in [-0.25, -0.2) is 14.6 Å². The lowest BCUT2D eigenvalue weighted by Crippen LogP contribution is -2.54. The molecule has 2 rings (SSSR count). The van der Waals surface area contributed by atoms with Crippen molar-refractivity contribution in [2.45, 2.75) is 12.5 Å². The van der Waals surface area contributed by atoms with Crippen molar-refractivity contribution >= 4 is 17.7 Å². The van der Waals surface area contributed by atoms with Crippen molar-refractivity contribution in [1.82, 2.24) is 9.88 Å². The van der Waals surface area contributed by atoms with E-state index in [-0.39, 0.29) is 37.4 Å². The quantitative estimate of drug-likeness (QED) is 0.655. The number of esters is 1. The van der Waals surface area contributed by atoms with E-state index in [9.17, 15) is 14.0 Å². The van der Waals surface area contributed by atoms with Crippen molar-refractivity contribution in [1.29, 1.82) is 5.26 Å². The van der Waals surface area contributed by atoms with Crippen LogP contribution >= 0.6 is 0 Å². The first kappa shape index (κ1) is 16.5. The molecule has 23 heavy (non-hydrogen) atoms. The van der Waals surface area contributed by atoms with E-state index in [1.165, 1.54) is 24.1 Å². The molecule has 1 atom stereocenters. The Balaban J connectivity index is 2.27. The van der Waals surface area contributed by atoms with Crippen LogP contribution in [-0.4, -0.2) is 59.8 Å². The predicted molar refractivity (Wildman–Crippen MR) is 76.5 cm³/mol. The molecule has 1 aromatic rings. The van der Waals surface area contributed by atoms with Gasteiger partial charge in [0.1, 0.15) is 0 Å². The summed E-state index contributed by atoms with van der Waals surface area (Å²) in [5, 5.41) is 18.0. The molecule has 8 nitrogen and oxygen atoms in total. The van der Waals surface area contributed by atoms with Gasteiger partial charge >= 0.3 is 12.1 Å². The average molecular weight is 322 g/mol. The standard InChI is InChI=1S/C14H15FN4O4/c1-23-13(20)10-2-3-11(12(15)17-10)19-7-6-18(14(21)22)8-9(19)4-5-16/h2-3,9H,4,6-8H2,1H3,(H,21,22)/t9-/m0/s1. The third-order valence-electron chi connectivity index (χ3n) is 3.61. The SMILES string of the molecule is COC(=O)c1ccc(N2CCN(C(=O)O)C[C@@H]2CC#N)c(F)n1. The van der Waals surface area contributed by atoms with Crippen molar-refractivity contribution in [3.63, 3.8) is 0 Å². The van der Waals surface area contributed by atoms with Crippen LogP contribution in [0, 0.1) is 17.3 Å². The number of ether oxygens (including phenoxy) is 1. The minimum atomic E-state index is -1.08. The van der Waals surface area contributed by atoms with Crippen molar-refractivity contribution in [2.24, 2.45) is 0 Å². The number of amides is 1. The Morgan fingerprint density at radius 1 is 1.52 bits per heavy atom. The number of nitrogens with zero attached hydrogens (tertiary/aromatic N) is 4. The van der Waals surface area contributed by atoms with Crippen LogP contribution in [0.2, 0.25) is 0 Å². The van der Waals surface area contributed by atoms with E-state index >= 15 is 0 Å². The molecule has 0 saturated carbocycles. The van der Waals surface area contributed by atoms with Crippen LogP contribution in [0.4, 0.5) is 14.9 Å². The van der Waals surface area contributed by atoms with E-state index in [0.29, 0.717) is 0 Å². The van der Waals surface area contributed by atoms with E-state index < -0.39 is 24.1 Å². The lowest BCUT2D eigenvalue weighted by molar-refractivity contribution is 0.0592. The Morgan fingerprint density at radius 3 is 2.83 bits per heavy atom. The molecule has 0 spiro atoms. The number of methoxy groups -OCH3 is 1. The second-order valence-electron chi connectivity index (χ2n) is 4.94. The number of piperazine rings is 1. The number of aromatic nitrogens is 1. The molecule has 9 heteroatoms. The molecule has 1 aliphatic heterocycles. The average Bonchev–Trinajstić information content (AvgIpc) is 2.54. The molecule has 2 heterocycles. The summed E-state index contributed by atoms with van der Waals surface area (Å²) >= 11 is 0. The van der Waals surface area contributed by atoms with E-state index in [4.69, 9.17) is 10.4 Å². The first-order valence-corrected chi connectivity index (χ1v) is 6.84. The minimum absolute atomic E-state index is 0.0436. The first-order chi connectivity index (χ1) is 11.0. The van der Waals surface area contributed by atoms with Gasteiger partial charge in [0.15, 0.2) is 5.69 Å². The number of carboxylic acid groups (broad SMARTS) is 1. The third kappa shape index (κ3) is 3.48. The fourth-order valence-electron chi connectivity index (χ4n) is 2.49. The van der Waals surface area contributed by atoms with Crippen molar-refractivity contribution in [3.05, 3.63) is 23.8 Å². The molecule has 1 saturated heterocycles. The highest BCUT2D eigenvalue weighted by Gasteiger charge is 2.31. The number of nitriles is 1. The molecule has 0 radical (unpaired) electrons. The van der Waals surface area contributed by atoms with Crippen molar-refractivity contribution < 1.29 is 23.8 Å². The smallest absolute Gasteiger partial charge is 0.407 e. The molecule has 0 unspecified atom stereocenters. The number of pyridine rings is 1. The van der Waals surface area contributed by atoms with Gasteiger partial charge in [0, 0.05) is 19.6 Å². The fourth-order valence-corrected chi connectivity index (χ4v) is 2.49. The number of halogens is 1.